The zero-order valence-corrected chi connectivity index (χ0v) is 25.3. The molecule has 0 aliphatic heterocycles. The number of phosphoric acid groups is 1. The number of hydrogen-bond acceptors (Lipinski definition) is 4. The van der Waals surface area contributed by atoms with E-state index in [0.717, 1.165) is 0 Å². The molecule has 0 atom stereocenters. The van der Waals surface area contributed by atoms with Crippen LogP contribution in [0.4, 0.5) is 17.1 Å². The van der Waals surface area contributed by atoms with Crippen LogP contribution in [0, 0.1) is 0 Å². The molecule has 38 heavy (non-hydrogen) atoms. The van der Waals surface area contributed by atoms with Crippen molar-refractivity contribution in [2.45, 2.75) is 78.9 Å². The first-order valence-corrected chi connectivity index (χ1v) is 14.1. The van der Waals surface area contributed by atoms with Crippen LogP contribution in [0.3, 0.4) is 0 Å². The van der Waals surface area contributed by atoms with E-state index in [9.17, 15) is 0 Å². The van der Waals surface area contributed by atoms with Crippen LogP contribution in [0.2, 0.25) is 0 Å². The minimum absolute atomic E-state index is 0.154. The Hall–Kier alpha value is -2.83. The number of anilines is 3. The van der Waals surface area contributed by atoms with Gasteiger partial charge in [-0.3, -0.25) is 0 Å². The molecule has 0 amide bonds. The van der Waals surface area contributed by atoms with Gasteiger partial charge in [-0.15, -0.1) is 0 Å². The topological polar surface area (TPSA) is 114 Å². The second-order valence-corrected chi connectivity index (χ2v) is 12.8. The van der Waals surface area contributed by atoms with Crippen LogP contribution >= 0.6 is 7.82 Å². The van der Waals surface area contributed by atoms with E-state index < -0.39 is 7.82 Å². The van der Waals surface area contributed by atoms with Gasteiger partial charge in [-0.25, -0.2) is 4.57 Å². The molecule has 0 aliphatic carbocycles. The molecule has 0 aromatic heterocycles. The minimum atomic E-state index is -4.64. The third kappa shape index (κ3) is 26.2. The lowest BCUT2D eigenvalue weighted by molar-refractivity contribution is 0.275. The number of rotatable bonds is 3. The van der Waals surface area contributed by atoms with Crippen LogP contribution < -0.4 is 16.0 Å². The van der Waals surface area contributed by atoms with E-state index in [-0.39, 0.29) is 16.6 Å². The molecule has 0 aliphatic rings. The summed E-state index contributed by atoms with van der Waals surface area (Å²) in [4.78, 5) is 21.6. The lowest BCUT2D eigenvalue weighted by Crippen LogP contribution is -2.25. The standard InChI is InChI=1S/3C10H15N.H3O4P/c3*1-10(2,3)11-9-7-5-4-6-8-9;1-5(2,3)4/h3*4-8,11H,1-3H3;(H3,1,2,3,4). The maximum atomic E-state index is 8.88. The molecule has 6 N–H and O–H groups in total. The summed E-state index contributed by atoms with van der Waals surface area (Å²) >= 11 is 0. The Morgan fingerprint density at radius 2 is 0.605 bits per heavy atom. The molecule has 3 rings (SSSR count). The maximum absolute atomic E-state index is 8.88. The summed E-state index contributed by atoms with van der Waals surface area (Å²) in [5, 5.41) is 10.1. The molecule has 0 radical (unpaired) electrons. The highest BCUT2D eigenvalue weighted by molar-refractivity contribution is 7.45. The molecule has 0 heterocycles. The SMILES string of the molecule is CC(C)(C)Nc1ccccc1.CC(C)(C)Nc1ccccc1.CC(C)(C)Nc1ccccc1.O=P(O)(O)O. The Morgan fingerprint density at radius 3 is 0.737 bits per heavy atom. The van der Waals surface area contributed by atoms with Crippen LogP contribution in [-0.2, 0) is 4.57 Å². The smallest absolute Gasteiger partial charge is 0.380 e. The number of nitrogens with one attached hydrogen (secondary N) is 3. The number of para-hydroxylation sites is 3. The Kier molecular flexibility index (Phi) is 15.0. The van der Waals surface area contributed by atoms with E-state index in [1.165, 1.54) is 17.1 Å². The van der Waals surface area contributed by atoms with E-state index in [0.29, 0.717) is 0 Å². The predicted molar refractivity (Wildman–Crippen MR) is 164 cm³/mol. The average Bonchev–Trinajstić information content (AvgIpc) is 2.72. The Labute approximate surface area is 230 Å². The monoisotopic (exact) mass is 545 g/mol. The first-order chi connectivity index (χ1) is 17.2. The van der Waals surface area contributed by atoms with Gasteiger partial charge < -0.3 is 30.6 Å². The van der Waals surface area contributed by atoms with Gasteiger partial charge in [0.15, 0.2) is 0 Å². The van der Waals surface area contributed by atoms with Crippen LogP contribution in [0.1, 0.15) is 62.3 Å². The zero-order chi connectivity index (χ0) is 29.5. The molecule has 3 aromatic rings. The molecule has 0 bridgehead atoms. The van der Waals surface area contributed by atoms with Gasteiger partial charge in [-0.2, -0.15) is 0 Å². The molecule has 0 fully saturated rings. The van der Waals surface area contributed by atoms with Gasteiger partial charge >= 0.3 is 7.82 Å². The predicted octanol–water partition coefficient (Wildman–Crippen LogP) is 7.76. The van der Waals surface area contributed by atoms with Gasteiger partial charge in [0, 0.05) is 33.7 Å². The quantitative estimate of drug-likeness (QED) is 0.186. The van der Waals surface area contributed by atoms with Gasteiger partial charge in [-0.1, -0.05) is 54.6 Å². The Morgan fingerprint density at radius 1 is 0.447 bits per heavy atom. The molecule has 7 nitrogen and oxygen atoms in total. The Balaban J connectivity index is 0.000000497. The summed E-state index contributed by atoms with van der Waals surface area (Å²) in [5.74, 6) is 0. The fourth-order valence-electron chi connectivity index (χ4n) is 2.86. The number of benzene rings is 3. The summed E-state index contributed by atoms with van der Waals surface area (Å²) < 4.78 is 8.88. The molecule has 212 valence electrons. The van der Waals surface area contributed by atoms with Crippen molar-refractivity contribution in [1.82, 2.24) is 0 Å². The summed E-state index contributed by atoms with van der Waals surface area (Å²) in [6.07, 6.45) is 0. The van der Waals surface area contributed by atoms with E-state index in [4.69, 9.17) is 19.2 Å². The van der Waals surface area contributed by atoms with Gasteiger partial charge in [-0.05, 0) is 98.7 Å². The van der Waals surface area contributed by atoms with Crippen molar-refractivity contribution in [3.05, 3.63) is 91.0 Å². The summed E-state index contributed by atoms with van der Waals surface area (Å²) in [6.45, 7) is 19.4. The van der Waals surface area contributed by atoms with Crippen molar-refractivity contribution in [3.63, 3.8) is 0 Å². The van der Waals surface area contributed by atoms with Gasteiger partial charge in [0.2, 0.25) is 0 Å². The van der Waals surface area contributed by atoms with Crippen LogP contribution in [-0.4, -0.2) is 31.3 Å². The van der Waals surface area contributed by atoms with Gasteiger partial charge in [0.05, 0.1) is 0 Å². The molecular formula is C30H48N3O4P. The fourth-order valence-corrected chi connectivity index (χ4v) is 2.86. The summed E-state index contributed by atoms with van der Waals surface area (Å²) in [7, 11) is -4.64. The van der Waals surface area contributed by atoms with E-state index in [1.54, 1.807) is 0 Å². The lowest BCUT2D eigenvalue weighted by atomic mass is 10.1. The minimum Gasteiger partial charge on any atom is -0.380 e. The van der Waals surface area contributed by atoms with Gasteiger partial charge in [0.25, 0.3) is 0 Å². The first-order valence-electron chi connectivity index (χ1n) is 12.5. The molecule has 0 unspecified atom stereocenters. The molecule has 3 aromatic carbocycles. The van der Waals surface area contributed by atoms with Crippen molar-refractivity contribution >= 4 is 24.9 Å². The molecule has 0 saturated carbocycles. The third-order valence-corrected chi connectivity index (χ3v) is 3.88. The van der Waals surface area contributed by atoms with Crippen molar-refractivity contribution in [2.24, 2.45) is 0 Å². The molecular weight excluding hydrogens is 497 g/mol. The molecule has 0 saturated heterocycles. The molecule has 8 heteroatoms. The van der Waals surface area contributed by atoms with E-state index in [1.807, 2.05) is 54.6 Å². The van der Waals surface area contributed by atoms with Crippen LogP contribution in [0.5, 0.6) is 0 Å². The van der Waals surface area contributed by atoms with E-state index >= 15 is 0 Å². The average molecular weight is 546 g/mol. The lowest BCUT2D eigenvalue weighted by Gasteiger charge is -2.21. The van der Waals surface area contributed by atoms with Gasteiger partial charge in [0.1, 0.15) is 0 Å². The normalized spacial score (nSPS) is 11.3. The largest absolute Gasteiger partial charge is 0.466 e. The van der Waals surface area contributed by atoms with Crippen molar-refractivity contribution in [2.75, 3.05) is 16.0 Å². The van der Waals surface area contributed by atoms with Crippen LogP contribution in [0.15, 0.2) is 91.0 Å². The summed E-state index contributed by atoms with van der Waals surface area (Å²) in [5.41, 5.74) is 4.00. The highest BCUT2D eigenvalue weighted by Crippen LogP contribution is 2.25. The zero-order valence-electron chi connectivity index (χ0n) is 24.4. The van der Waals surface area contributed by atoms with Crippen molar-refractivity contribution in [3.8, 4) is 0 Å². The highest BCUT2D eigenvalue weighted by Gasteiger charge is 2.09. The third-order valence-electron chi connectivity index (χ3n) is 3.88. The first kappa shape index (κ1) is 35.2. The number of hydrogen-bond donors (Lipinski definition) is 6. The van der Waals surface area contributed by atoms with Crippen LogP contribution in [0.25, 0.3) is 0 Å². The summed E-state index contributed by atoms with van der Waals surface area (Å²) in [6, 6.07) is 30.7. The van der Waals surface area contributed by atoms with Crippen molar-refractivity contribution in [1.29, 1.82) is 0 Å². The highest BCUT2D eigenvalue weighted by atomic mass is 31.2. The van der Waals surface area contributed by atoms with Crippen molar-refractivity contribution < 1.29 is 19.2 Å². The second-order valence-electron chi connectivity index (χ2n) is 11.7. The maximum Gasteiger partial charge on any atom is 0.466 e. The second kappa shape index (κ2) is 16.2. The van der Waals surface area contributed by atoms with E-state index in [2.05, 4.69) is 115 Å². The molecule has 0 spiro atoms. The Bertz CT molecular complexity index is 907. The fraction of sp³-hybridized carbons (Fsp3) is 0.400.